The molecule has 1 amide bonds. The molecule has 0 radical (unpaired) electrons. The first kappa shape index (κ1) is 26.5. The second kappa shape index (κ2) is 12.6. The molecule has 3 aromatic carbocycles. The molecule has 0 fully saturated rings. The van der Waals surface area contributed by atoms with Gasteiger partial charge in [-0.2, -0.15) is 5.26 Å². The van der Waals surface area contributed by atoms with E-state index in [4.69, 9.17) is 14.6 Å². The Morgan fingerprint density at radius 1 is 1.03 bits per heavy atom. The molecule has 0 unspecified atom stereocenters. The fraction of sp³-hybridized carbons (Fsp3) is 0.115. The monoisotopic (exact) mass is 694 g/mol. The van der Waals surface area contributed by atoms with Crippen LogP contribution in [0.4, 0.5) is 5.69 Å². The number of nitrogens with one attached hydrogen (secondary N) is 1. The Balaban J connectivity index is 1.71. The van der Waals surface area contributed by atoms with Crippen LogP contribution in [0.1, 0.15) is 28.4 Å². The minimum Gasteiger partial charge on any atom is -0.494 e. The number of halogens is 2. The van der Waals surface area contributed by atoms with Crippen molar-refractivity contribution in [1.82, 2.24) is 0 Å². The highest BCUT2D eigenvalue weighted by Crippen LogP contribution is 2.30. The number of carboxylic acids is 1. The molecule has 0 saturated carbocycles. The summed E-state index contributed by atoms with van der Waals surface area (Å²) in [4.78, 5) is 23.6. The van der Waals surface area contributed by atoms with Crippen molar-refractivity contribution in [2.24, 2.45) is 0 Å². The number of rotatable bonds is 9. The maximum Gasteiger partial charge on any atom is 0.335 e. The van der Waals surface area contributed by atoms with Gasteiger partial charge in [-0.1, -0.05) is 12.1 Å². The topological polar surface area (TPSA) is 109 Å². The first-order valence-electron chi connectivity index (χ1n) is 10.4. The van der Waals surface area contributed by atoms with Crippen molar-refractivity contribution in [2.75, 3.05) is 11.9 Å². The van der Waals surface area contributed by atoms with Gasteiger partial charge in [-0.3, -0.25) is 4.79 Å². The molecular weight excluding hydrogens is 674 g/mol. The first-order valence-corrected chi connectivity index (χ1v) is 12.6. The molecule has 178 valence electrons. The lowest BCUT2D eigenvalue weighted by Crippen LogP contribution is -2.13. The highest BCUT2D eigenvalue weighted by molar-refractivity contribution is 14.1. The zero-order chi connectivity index (χ0) is 25.4. The number of nitrogens with zero attached hydrogens (tertiary/aromatic N) is 1. The Kier molecular flexibility index (Phi) is 9.50. The molecule has 35 heavy (non-hydrogen) atoms. The predicted octanol–water partition coefficient (Wildman–Crippen LogP) is 6.12. The highest BCUT2D eigenvalue weighted by Gasteiger charge is 2.13. The molecule has 0 atom stereocenters. The summed E-state index contributed by atoms with van der Waals surface area (Å²) in [6.07, 6.45) is 1.53. The third-order valence-corrected chi connectivity index (χ3v) is 6.31. The predicted molar refractivity (Wildman–Crippen MR) is 149 cm³/mol. The van der Waals surface area contributed by atoms with E-state index in [1.807, 2.05) is 25.1 Å². The Hall–Kier alpha value is -3.11. The fourth-order valence-corrected chi connectivity index (χ4v) is 5.14. The van der Waals surface area contributed by atoms with Gasteiger partial charge in [0.25, 0.3) is 5.91 Å². The third kappa shape index (κ3) is 7.43. The molecule has 3 rings (SSSR count). The zero-order valence-corrected chi connectivity index (χ0v) is 22.9. The molecule has 7 nitrogen and oxygen atoms in total. The van der Waals surface area contributed by atoms with E-state index in [0.29, 0.717) is 29.4 Å². The lowest BCUT2D eigenvalue weighted by Gasteiger charge is -2.12. The third-order valence-electron chi connectivity index (χ3n) is 4.70. The number of carbonyl (C=O) groups is 2. The molecule has 0 spiro atoms. The van der Waals surface area contributed by atoms with Gasteiger partial charge in [-0.15, -0.1) is 0 Å². The van der Waals surface area contributed by atoms with Gasteiger partial charge in [0.1, 0.15) is 29.7 Å². The van der Waals surface area contributed by atoms with Gasteiger partial charge < -0.3 is 19.9 Å². The van der Waals surface area contributed by atoms with Crippen LogP contribution in [0, 0.1) is 18.5 Å². The molecule has 0 saturated heterocycles. The van der Waals surface area contributed by atoms with Gasteiger partial charge in [0.05, 0.1) is 19.3 Å². The lowest BCUT2D eigenvalue weighted by molar-refractivity contribution is -0.112. The number of ether oxygens (including phenoxy) is 2. The van der Waals surface area contributed by atoms with Crippen molar-refractivity contribution < 1.29 is 24.2 Å². The summed E-state index contributed by atoms with van der Waals surface area (Å²) in [5.74, 6) is -0.116. The van der Waals surface area contributed by atoms with Crippen LogP contribution in [0.3, 0.4) is 0 Å². The van der Waals surface area contributed by atoms with Crippen molar-refractivity contribution in [3.63, 3.8) is 0 Å². The summed E-state index contributed by atoms with van der Waals surface area (Å²) in [7, 11) is 0. The Bertz CT molecular complexity index is 1270. The SMILES string of the molecule is CCOc1ccc(NC(=O)/C(C#N)=C\c2cc(I)c(OCc3ccc(C(=O)O)cc3)c(I)c2)cc1. The van der Waals surface area contributed by atoms with Gasteiger partial charge in [0.15, 0.2) is 0 Å². The number of anilines is 1. The fourth-order valence-electron chi connectivity index (χ4n) is 3.01. The van der Waals surface area contributed by atoms with Gasteiger partial charge in [0, 0.05) is 5.69 Å². The lowest BCUT2D eigenvalue weighted by atomic mass is 10.1. The normalized spacial score (nSPS) is 10.9. The molecule has 0 aliphatic carbocycles. The van der Waals surface area contributed by atoms with Crippen molar-refractivity contribution in [1.29, 1.82) is 5.26 Å². The van der Waals surface area contributed by atoms with Crippen LogP contribution in [0.2, 0.25) is 0 Å². The van der Waals surface area contributed by atoms with E-state index in [1.54, 1.807) is 36.4 Å². The number of aromatic carboxylic acids is 1. The number of nitriles is 1. The number of benzene rings is 3. The maximum absolute atomic E-state index is 12.6. The Labute approximate surface area is 230 Å². The second-order valence-electron chi connectivity index (χ2n) is 7.19. The average molecular weight is 694 g/mol. The molecule has 9 heteroatoms. The molecule has 0 aliphatic heterocycles. The maximum atomic E-state index is 12.6. The number of hydrogen-bond donors (Lipinski definition) is 2. The van der Waals surface area contributed by atoms with Gasteiger partial charge in [-0.05, 0) is 118 Å². The van der Waals surface area contributed by atoms with Crippen LogP contribution in [-0.2, 0) is 11.4 Å². The summed E-state index contributed by atoms with van der Waals surface area (Å²) in [5, 5.41) is 21.3. The molecule has 2 N–H and O–H groups in total. The van der Waals surface area contributed by atoms with E-state index >= 15 is 0 Å². The van der Waals surface area contributed by atoms with Crippen LogP contribution in [0.25, 0.3) is 6.08 Å². The number of hydrogen-bond acceptors (Lipinski definition) is 5. The van der Waals surface area contributed by atoms with E-state index in [0.717, 1.165) is 12.7 Å². The minimum atomic E-state index is -0.977. The summed E-state index contributed by atoms with van der Waals surface area (Å²) in [6, 6.07) is 19.0. The van der Waals surface area contributed by atoms with E-state index in [9.17, 15) is 14.9 Å². The molecule has 0 aliphatic rings. The molecule has 0 bridgehead atoms. The largest absolute Gasteiger partial charge is 0.494 e. The zero-order valence-electron chi connectivity index (χ0n) is 18.5. The van der Waals surface area contributed by atoms with E-state index in [2.05, 4.69) is 50.5 Å². The summed E-state index contributed by atoms with van der Waals surface area (Å²) in [5.41, 5.74) is 2.27. The average Bonchev–Trinajstić information content (AvgIpc) is 2.83. The Morgan fingerprint density at radius 2 is 1.66 bits per heavy atom. The number of carbonyl (C=O) groups excluding carboxylic acids is 1. The first-order chi connectivity index (χ1) is 16.8. The van der Waals surface area contributed by atoms with Crippen LogP contribution in [0.15, 0.2) is 66.2 Å². The van der Waals surface area contributed by atoms with E-state index < -0.39 is 11.9 Å². The van der Waals surface area contributed by atoms with Crippen molar-refractivity contribution in [3.8, 4) is 17.6 Å². The summed E-state index contributed by atoms with van der Waals surface area (Å²) < 4.78 is 13.0. The number of carboxylic acid groups (broad SMARTS) is 1. The summed E-state index contributed by atoms with van der Waals surface area (Å²) in [6.45, 7) is 2.71. The van der Waals surface area contributed by atoms with Crippen LogP contribution in [0.5, 0.6) is 11.5 Å². The van der Waals surface area contributed by atoms with E-state index in [-0.39, 0.29) is 17.7 Å². The van der Waals surface area contributed by atoms with Crippen LogP contribution < -0.4 is 14.8 Å². The van der Waals surface area contributed by atoms with Crippen molar-refractivity contribution >= 4 is 68.8 Å². The van der Waals surface area contributed by atoms with Crippen molar-refractivity contribution in [2.45, 2.75) is 13.5 Å². The molecule has 0 heterocycles. The standard InChI is InChI=1S/C26H20I2N2O5/c1-2-34-21-9-7-20(8-10-21)30-25(31)19(14-29)11-17-12-22(27)24(23(28)13-17)35-15-16-3-5-18(6-4-16)26(32)33/h3-13H,2,15H2,1H3,(H,30,31)(H,32,33)/b19-11-. The molecule has 3 aromatic rings. The van der Waals surface area contributed by atoms with Crippen LogP contribution >= 0.6 is 45.2 Å². The van der Waals surface area contributed by atoms with Crippen molar-refractivity contribution in [3.05, 3.63) is 90.1 Å². The smallest absolute Gasteiger partial charge is 0.335 e. The van der Waals surface area contributed by atoms with Gasteiger partial charge in [-0.25, -0.2) is 4.79 Å². The Morgan fingerprint density at radius 3 is 2.20 bits per heavy atom. The van der Waals surface area contributed by atoms with Gasteiger partial charge in [0.2, 0.25) is 0 Å². The molecular formula is C26H20I2N2O5. The molecule has 0 aromatic heterocycles. The quantitative estimate of drug-likeness (QED) is 0.159. The number of amides is 1. The van der Waals surface area contributed by atoms with Gasteiger partial charge >= 0.3 is 5.97 Å². The summed E-state index contributed by atoms with van der Waals surface area (Å²) >= 11 is 4.28. The minimum absolute atomic E-state index is 0.0299. The second-order valence-corrected chi connectivity index (χ2v) is 9.51. The van der Waals surface area contributed by atoms with Crippen LogP contribution in [-0.4, -0.2) is 23.6 Å². The highest BCUT2D eigenvalue weighted by atomic mass is 127. The van der Waals surface area contributed by atoms with E-state index in [1.165, 1.54) is 18.2 Å².